The van der Waals surface area contributed by atoms with Gasteiger partial charge in [-0.2, -0.15) is 13.2 Å². The third-order valence-electron chi connectivity index (χ3n) is 6.39. The zero-order valence-electron chi connectivity index (χ0n) is 21.2. The predicted molar refractivity (Wildman–Crippen MR) is 143 cm³/mol. The smallest absolute Gasteiger partial charge is 0.350 e. The van der Waals surface area contributed by atoms with Gasteiger partial charge < -0.3 is 20.5 Å². The number of nitrogens with zero attached hydrogens (tertiary/aromatic N) is 4. The Hall–Kier alpha value is -4.67. The number of alkyl halides is 3. The number of allylic oxidation sites excluding steroid dienone is 4. The lowest BCUT2D eigenvalue weighted by atomic mass is 9.93. The summed E-state index contributed by atoms with van der Waals surface area (Å²) < 4.78 is 42.4. The fraction of sp³-hybridized carbons (Fsp3) is 0.214. The molecule has 0 fully saturated rings. The quantitative estimate of drug-likeness (QED) is 0.416. The Labute approximate surface area is 223 Å². The predicted octanol–water partition coefficient (Wildman–Crippen LogP) is 4.97. The number of carbonyl (C=O) groups excluding carboxylic acids is 1. The molecule has 8 nitrogen and oxygen atoms in total. The second-order valence-corrected chi connectivity index (χ2v) is 9.32. The van der Waals surface area contributed by atoms with E-state index in [1.54, 1.807) is 37.8 Å². The van der Waals surface area contributed by atoms with Gasteiger partial charge in [0.2, 0.25) is 5.91 Å². The van der Waals surface area contributed by atoms with E-state index < -0.39 is 29.9 Å². The number of anilines is 1. The normalized spacial score (nSPS) is 18.9. The molecule has 2 unspecified atom stereocenters. The lowest BCUT2D eigenvalue weighted by Gasteiger charge is -2.28. The first-order valence-corrected chi connectivity index (χ1v) is 12.2. The maximum atomic E-state index is 13.6. The van der Waals surface area contributed by atoms with Crippen molar-refractivity contribution in [2.24, 2.45) is 10.9 Å². The molecule has 1 aromatic carbocycles. The van der Waals surface area contributed by atoms with Gasteiger partial charge in [0.15, 0.2) is 6.29 Å². The third-order valence-corrected chi connectivity index (χ3v) is 6.39. The fourth-order valence-electron chi connectivity index (χ4n) is 4.33. The number of hydrogen-bond acceptors (Lipinski definition) is 6. The van der Waals surface area contributed by atoms with E-state index in [2.05, 4.69) is 30.9 Å². The number of amides is 1. The molecule has 39 heavy (non-hydrogen) atoms. The van der Waals surface area contributed by atoms with E-state index in [-0.39, 0.29) is 11.4 Å². The maximum Gasteiger partial charge on any atom is 0.416 e. The van der Waals surface area contributed by atoms with Crippen molar-refractivity contribution < 1.29 is 18.0 Å². The minimum Gasteiger partial charge on any atom is -0.350 e. The topological polar surface area (TPSA) is 96.2 Å². The average molecular weight is 534 g/mol. The number of aryl methyl sites for hydroxylation is 1. The Morgan fingerprint density at radius 1 is 1.21 bits per heavy atom. The summed E-state index contributed by atoms with van der Waals surface area (Å²) in [6.45, 7) is 3.66. The number of benzene rings is 1. The molecule has 3 heterocycles. The molecule has 0 radical (unpaired) electrons. The molecule has 0 saturated carbocycles. The monoisotopic (exact) mass is 533 g/mol. The van der Waals surface area contributed by atoms with E-state index in [4.69, 9.17) is 0 Å². The summed E-state index contributed by atoms with van der Waals surface area (Å²) in [6, 6.07) is 7.23. The number of nitrogens with one attached hydrogen (secondary N) is 3. The molecule has 2 aliphatic rings. The van der Waals surface area contributed by atoms with Gasteiger partial charge in [0.25, 0.3) is 0 Å². The second-order valence-electron chi connectivity index (χ2n) is 9.32. The van der Waals surface area contributed by atoms with Crippen molar-refractivity contribution in [3.05, 3.63) is 102 Å². The number of imidazole rings is 1. The molecular formula is C28H26F3N7O. The molecule has 2 atom stereocenters. The van der Waals surface area contributed by atoms with Gasteiger partial charge in [-0.15, -0.1) is 0 Å². The van der Waals surface area contributed by atoms with E-state index in [1.165, 1.54) is 17.0 Å². The van der Waals surface area contributed by atoms with Crippen LogP contribution in [-0.4, -0.2) is 32.9 Å². The molecular weight excluding hydrogens is 507 g/mol. The van der Waals surface area contributed by atoms with Crippen LogP contribution in [0.15, 0.2) is 89.7 Å². The lowest BCUT2D eigenvalue weighted by Crippen LogP contribution is -2.42. The molecule has 1 aliphatic carbocycles. The van der Waals surface area contributed by atoms with Gasteiger partial charge in [0.1, 0.15) is 0 Å². The highest BCUT2D eigenvalue weighted by molar-refractivity contribution is 5.94. The Balaban J connectivity index is 1.29. The van der Waals surface area contributed by atoms with Gasteiger partial charge in [0.05, 0.1) is 23.5 Å². The van der Waals surface area contributed by atoms with Gasteiger partial charge in [0, 0.05) is 59.6 Å². The Bertz CT molecular complexity index is 1500. The Kier molecular flexibility index (Phi) is 7.05. The molecule has 5 rings (SSSR count). The number of aromatic nitrogens is 3. The number of hydrogen-bond donors (Lipinski definition) is 3. The van der Waals surface area contributed by atoms with E-state index in [1.807, 2.05) is 31.2 Å². The highest BCUT2D eigenvalue weighted by Gasteiger charge is 2.32. The number of aliphatic imine (C=N–C) groups is 1. The van der Waals surface area contributed by atoms with E-state index in [9.17, 15) is 18.0 Å². The summed E-state index contributed by atoms with van der Waals surface area (Å²) in [6.07, 6.45) is 8.91. The molecule has 1 aliphatic heterocycles. The van der Waals surface area contributed by atoms with Crippen molar-refractivity contribution in [3.63, 3.8) is 0 Å². The van der Waals surface area contributed by atoms with Crippen molar-refractivity contribution in [1.82, 2.24) is 25.2 Å². The number of carbonyl (C=O) groups is 1. The van der Waals surface area contributed by atoms with Crippen LogP contribution in [-0.2, 0) is 11.0 Å². The minimum atomic E-state index is -4.58. The first-order chi connectivity index (χ1) is 18.7. The van der Waals surface area contributed by atoms with Crippen LogP contribution in [0.25, 0.3) is 11.4 Å². The van der Waals surface area contributed by atoms with Crippen LogP contribution in [0.2, 0.25) is 0 Å². The first kappa shape index (κ1) is 26.0. The molecule has 1 amide bonds. The molecule has 3 N–H and O–H groups in total. The highest BCUT2D eigenvalue weighted by atomic mass is 19.4. The summed E-state index contributed by atoms with van der Waals surface area (Å²) in [5.41, 5.74) is 3.59. The average Bonchev–Trinajstić information content (AvgIpc) is 3.36. The van der Waals surface area contributed by atoms with E-state index in [0.29, 0.717) is 12.1 Å². The Morgan fingerprint density at radius 2 is 2.05 bits per heavy atom. The van der Waals surface area contributed by atoms with Crippen LogP contribution >= 0.6 is 0 Å². The van der Waals surface area contributed by atoms with Crippen LogP contribution in [0.3, 0.4) is 0 Å². The zero-order chi connectivity index (χ0) is 27.6. The van der Waals surface area contributed by atoms with Crippen molar-refractivity contribution in [1.29, 1.82) is 0 Å². The van der Waals surface area contributed by atoms with E-state index >= 15 is 0 Å². The molecule has 3 aromatic rings. The van der Waals surface area contributed by atoms with Gasteiger partial charge >= 0.3 is 6.18 Å². The van der Waals surface area contributed by atoms with Crippen LogP contribution in [0, 0.1) is 12.8 Å². The Morgan fingerprint density at radius 3 is 2.77 bits per heavy atom. The summed E-state index contributed by atoms with van der Waals surface area (Å²) in [4.78, 5) is 25.8. The van der Waals surface area contributed by atoms with Crippen LogP contribution in [0.1, 0.15) is 30.2 Å². The largest absolute Gasteiger partial charge is 0.416 e. The summed E-state index contributed by atoms with van der Waals surface area (Å²) in [7, 11) is 0. The zero-order valence-corrected chi connectivity index (χ0v) is 21.2. The molecule has 0 spiro atoms. The van der Waals surface area contributed by atoms with Gasteiger partial charge in [-0.3, -0.25) is 9.78 Å². The van der Waals surface area contributed by atoms with Crippen molar-refractivity contribution in [2.45, 2.75) is 32.7 Å². The second kappa shape index (κ2) is 10.6. The number of halogens is 3. The van der Waals surface area contributed by atoms with Crippen molar-refractivity contribution >= 4 is 23.5 Å². The first-order valence-electron chi connectivity index (χ1n) is 12.2. The maximum absolute atomic E-state index is 13.6. The van der Waals surface area contributed by atoms with Crippen molar-refractivity contribution in [3.8, 4) is 5.69 Å². The number of rotatable bonds is 6. The molecule has 0 saturated heterocycles. The highest BCUT2D eigenvalue weighted by Crippen LogP contribution is 2.33. The molecule has 2 aromatic heterocycles. The van der Waals surface area contributed by atoms with Crippen molar-refractivity contribution in [2.75, 3.05) is 5.32 Å². The molecule has 11 heteroatoms. The SMILES string of the molecule is CC1=C(NC2N=CC=C(c3cccnc3)N2)CC(C(=O)Nc2cc(-n3cnc(C)c3)cc(C(F)(F)F)c2)C=C1. The molecule has 0 bridgehead atoms. The third kappa shape index (κ3) is 6.08. The fourth-order valence-corrected chi connectivity index (χ4v) is 4.33. The van der Waals surface area contributed by atoms with E-state index in [0.717, 1.165) is 34.7 Å². The lowest BCUT2D eigenvalue weighted by molar-refractivity contribution is -0.137. The van der Waals surface area contributed by atoms with Crippen LogP contribution in [0.5, 0.6) is 0 Å². The minimum absolute atomic E-state index is 0.0511. The van der Waals surface area contributed by atoms with Crippen LogP contribution < -0.4 is 16.0 Å². The summed E-state index contributed by atoms with van der Waals surface area (Å²) in [5.74, 6) is -1.01. The van der Waals surface area contributed by atoms with Gasteiger partial charge in [-0.25, -0.2) is 9.98 Å². The van der Waals surface area contributed by atoms with Gasteiger partial charge in [-0.1, -0.05) is 12.2 Å². The standard InChI is InChI=1S/C28H26F3N7O/c1-17-5-6-19(10-25(17)37-27-33-9-7-24(36-27)20-4-3-8-32-14-20)26(39)35-22-11-21(28(29,30)31)12-23(13-22)38-15-18(2)34-16-38/h3-9,11-16,19,27,36-37H,10H2,1-2H3,(H,35,39). The van der Waals surface area contributed by atoms with Crippen LogP contribution in [0.4, 0.5) is 18.9 Å². The molecule has 200 valence electrons. The number of pyridine rings is 1. The summed E-state index contributed by atoms with van der Waals surface area (Å²) in [5, 5.41) is 9.31. The van der Waals surface area contributed by atoms with Gasteiger partial charge in [-0.05, 0) is 55.8 Å². The summed E-state index contributed by atoms with van der Waals surface area (Å²) >= 11 is 0.